The van der Waals surface area contributed by atoms with E-state index in [0.717, 1.165) is 19.6 Å². The fourth-order valence-corrected chi connectivity index (χ4v) is 2.74. The first kappa shape index (κ1) is 14.3. The summed E-state index contributed by atoms with van der Waals surface area (Å²) in [6.45, 7) is 6.99. The topological polar surface area (TPSA) is 15.3 Å². The van der Waals surface area contributed by atoms with Crippen LogP contribution in [0.25, 0.3) is 0 Å². The number of nitrogens with one attached hydrogen (secondary N) is 1. The van der Waals surface area contributed by atoms with Crippen molar-refractivity contribution in [2.24, 2.45) is 5.92 Å². The Morgan fingerprint density at radius 3 is 2.95 bits per heavy atom. The lowest BCUT2D eigenvalue weighted by Crippen LogP contribution is -2.42. The van der Waals surface area contributed by atoms with Crippen LogP contribution in [0.15, 0.2) is 24.3 Å². The number of rotatable bonds is 5. The molecule has 0 saturated carbocycles. The Bertz CT molecular complexity index is 394. The molecular formula is C16H25FN2. The number of hydrogen-bond donors (Lipinski definition) is 1. The van der Waals surface area contributed by atoms with Crippen LogP contribution in [-0.2, 0) is 6.54 Å². The van der Waals surface area contributed by atoms with Gasteiger partial charge < -0.3 is 10.2 Å². The first-order valence-electron chi connectivity index (χ1n) is 7.38. The summed E-state index contributed by atoms with van der Waals surface area (Å²) in [5, 5.41) is 3.66. The summed E-state index contributed by atoms with van der Waals surface area (Å²) in [4.78, 5) is 2.35. The van der Waals surface area contributed by atoms with E-state index in [4.69, 9.17) is 0 Å². The summed E-state index contributed by atoms with van der Waals surface area (Å²) in [6.07, 6.45) is 1.78. The molecule has 19 heavy (non-hydrogen) atoms. The van der Waals surface area contributed by atoms with Crippen LogP contribution in [-0.4, -0.2) is 25.8 Å². The van der Waals surface area contributed by atoms with E-state index in [9.17, 15) is 4.39 Å². The van der Waals surface area contributed by atoms with Gasteiger partial charge >= 0.3 is 0 Å². The number of alkyl halides is 1. The predicted octanol–water partition coefficient (Wildman–Crippen LogP) is 3.37. The molecule has 0 spiro atoms. The third-order valence-electron chi connectivity index (χ3n) is 4.20. The van der Waals surface area contributed by atoms with E-state index in [1.54, 1.807) is 0 Å². The second-order valence-electron chi connectivity index (χ2n) is 5.49. The highest BCUT2D eigenvalue weighted by Gasteiger charge is 2.23. The fraction of sp³-hybridized carbons (Fsp3) is 0.625. The maximum atomic E-state index is 12.5. The van der Waals surface area contributed by atoms with Crippen LogP contribution in [0.1, 0.15) is 32.3 Å². The predicted molar refractivity (Wildman–Crippen MR) is 79.3 cm³/mol. The van der Waals surface area contributed by atoms with Crippen molar-refractivity contribution in [2.75, 3.05) is 24.7 Å². The second-order valence-corrected chi connectivity index (χ2v) is 5.49. The number of para-hydroxylation sites is 1. The van der Waals surface area contributed by atoms with Gasteiger partial charge in [0.15, 0.2) is 0 Å². The fourth-order valence-electron chi connectivity index (χ4n) is 2.74. The summed E-state index contributed by atoms with van der Waals surface area (Å²) in [6, 6.07) is 8.97. The van der Waals surface area contributed by atoms with Gasteiger partial charge in [0, 0.05) is 31.4 Å². The average molecular weight is 264 g/mol. The highest BCUT2D eigenvalue weighted by atomic mass is 19.1. The van der Waals surface area contributed by atoms with Gasteiger partial charge in [-0.25, -0.2) is 0 Å². The van der Waals surface area contributed by atoms with Gasteiger partial charge in [-0.15, -0.1) is 0 Å². The van der Waals surface area contributed by atoms with E-state index in [1.807, 2.05) is 0 Å². The normalized spacial score (nSPS) is 20.8. The number of fused-ring (bicyclic) bond motifs is 1. The Balaban J connectivity index is 2.19. The molecule has 2 unspecified atom stereocenters. The van der Waals surface area contributed by atoms with Gasteiger partial charge in [-0.1, -0.05) is 38.5 Å². The quantitative estimate of drug-likeness (QED) is 0.877. The molecule has 0 fully saturated rings. The molecule has 1 aromatic carbocycles. The maximum absolute atomic E-state index is 12.5. The molecule has 0 bridgehead atoms. The molecule has 0 aliphatic carbocycles. The van der Waals surface area contributed by atoms with Crippen molar-refractivity contribution in [3.63, 3.8) is 0 Å². The Morgan fingerprint density at radius 1 is 1.42 bits per heavy atom. The summed E-state index contributed by atoms with van der Waals surface area (Å²) in [5.41, 5.74) is 2.60. The lowest BCUT2D eigenvalue weighted by atomic mass is 9.99. The van der Waals surface area contributed by atoms with Gasteiger partial charge in [-0.3, -0.25) is 4.39 Å². The van der Waals surface area contributed by atoms with Crippen LogP contribution in [0.3, 0.4) is 0 Å². The highest BCUT2D eigenvalue weighted by molar-refractivity contribution is 5.54. The molecular weight excluding hydrogens is 239 g/mol. The Morgan fingerprint density at radius 2 is 2.21 bits per heavy atom. The van der Waals surface area contributed by atoms with E-state index in [1.165, 1.54) is 17.7 Å². The van der Waals surface area contributed by atoms with E-state index in [0.29, 0.717) is 18.4 Å². The van der Waals surface area contributed by atoms with Gasteiger partial charge in [0.2, 0.25) is 0 Å². The van der Waals surface area contributed by atoms with E-state index >= 15 is 0 Å². The second kappa shape index (κ2) is 6.90. The third kappa shape index (κ3) is 3.47. The molecule has 1 aliphatic rings. The van der Waals surface area contributed by atoms with E-state index < -0.39 is 0 Å². The Kier molecular flexibility index (Phi) is 5.20. The minimum atomic E-state index is -0.236. The first-order valence-corrected chi connectivity index (χ1v) is 7.38. The third-order valence-corrected chi connectivity index (χ3v) is 4.20. The molecule has 3 heteroatoms. The summed E-state index contributed by atoms with van der Waals surface area (Å²) < 4.78 is 12.5. The van der Waals surface area contributed by atoms with E-state index in [-0.39, 0.29) is 6.67 Å². The zero-order valence-corrected chi connectivity index (χ0v) is 12.0. The number of anilines is 1. The molecule has 0 saturated heterocycles. The van der Waals surface area contributed by atoms with Crippen molar-refractivity contribution in [2.45, 2.75) is 39.3 Å². The van der Waals surface area contributed by atoms with Crippen LogP contribution in [0.5, 0.6) is 0 Å². The SMILES string of the molecule is CCC(C)C1CN(CCCF)c2ccccc2CN1. The monoisotopic (exact) mass is 264 g/mol. The Hall–Kier alpha value is -1.09. The molecule has 1 aliphatic heterocycles. The lowest BCUT2D eigenvalue weighted by Gasteiger charge is -2.30. The van der Waals surface area contributed by atoms with Crippen molar-refractivity contribution in [3.05, 3.63) is 29.8 Å². The maximum Gasteiger partial charge on any atom is 0.0911 e. The number of benzene rings is 1. The Labute approximate surface area is 116 Å². The molecule has 106 valence electrons. The van der Waals surface area contributed by atoms with E-state index in [2.05, 4.69) is 48.3 Å². The van der Waals surface area contributed by atoms with Crippen molar-refractivity contribution in [1.29, 1.82) is 0 Å². The zero-order chi connectivity index (χ0) is 13.7. The molecule has 1 N–H and O–H groups in total. The molecule has 2 rings (SSSR count). The van der Waals surface area contributed by atoms with Gasteiger partial charge in [0.1, 0.15) is 0 Å². The summed E-state index contributed by atoms with van der Waals surface area (Å²) in [5.74, 6) is 0.641. The first-order chi connectivity index (χ1) is 9.26. The van der Waals surface area contributed by atoms with Crippen LogP contribution < -0.4 is 10.2 Å². The molecule has 2 nitrogen and oxygen atoms in total. The number of halogens is 1. The molecule has 2 atom stereocenters. The van der Waals surface area contributed by atoms with Crippen molar-refractivity contribution in [1.82, 2.24) is 5.32 Å². The smallest absolute Gasteiger partial charge is 0.0911 e. The van der Waals surface area contributed by atoms with Crippen LogP contribution >= 0.6 is 0 Å². The standard InChI is InChI=1S/C16H25FN2/c1-3-13(2)15-12-19(10-6-9-17)16-8-5-4-7-14(16)11-18-15/h4-5,7-8,13,15,18H,3,6,9-12H2,1-2H3. The van der Waals surface area contributed by atoms with Crippen molar-refractivity contribution < 1.29 is 4.39 Å². The van der Waals surface area contributed by atoms with Gasteiger partial charge in [-0.2, -0.15) is 0 Å². The van der Waals surface area contributed by atoms with Crippen molar-refractivity contribution in [3.8, 4) is 0 Å². The molecule has 1 aromatic rings. The summed E-state index contributed by atoms with van der Waals surface area (Å²) in [7, 11) is 0. The highest BCUT2D eigenvalue weighted by Crippen LogP contribution is 2.25. The molecule has 0 aromatic heterocycles. The zero-order valence-electron chi connectivity index (χ0n) is 12.0. The number of nitrogens with zero attached hydrogens (tertiary/aromatic N) is 1. The summed E-state index contributed by atoms with van der Waals surface area (Å²) >= 11 is 0. The van der Waals surface area contributed by atoms with Crippen molar-refractivity contribution >= 4 is 5.69 Å². The minimum absolute atomic E-state index is 0.236. The molecule has 0 radical (unpaired) electrons. The minimum Gasteiger partial charge on any atom is -0.370 e. The van der Waals surface area contributed by atoms with Crippen LogP contribution in [0.4, 0.5) is 10.1 Å². The number of hydrogen-bond acceptors (Lipinski definition) is 2. The average Bonchev–Trinajstić information content (AvgIpc) is 2.64. The van der Waals surface area contributed by atoms with Crippen LogP contribution in [0.2, 0.25) is 0 Å². The van der Waals surface area contributed by atoms with Gasteiger partial charge in [-0.05, 0) is 24.0 Å². The lowest BCUT2D eigenvalue weighted by molar-refractivity contribution is 0.368. The largest absolute Gasteiger partial charge is 0.370 e. The molecule has 1 heterocycles. The van der Waals surface area contributed by atoms with Crippen LogP contribution in [0, 0.1) is 5.92 Å². The molecule has 0 amide bonds. The van der Waals surface area contributed by atoms with Gasteiger partial charge in [0.25, 0.3) is 0 Å². The van der Waals surface area contributed by atoms with Gasteiger partial charge in [0.05, 0.1) is 6.67 Å².